The first kappa shape index (κ1) is 17.2. The van der Waals surface area contributed by atoms with Gasteiger partial charge in [-0.15, -0.1) is 0 Å². The van der Waals surface area contributed by atoms with Gasteiger partial charge in [0.05, 0.1) is 17.0 Å². The second kappa shape index (κ2) is 8.44. The van der Waals surface area contributed by atoms with Gasteiger partial charge in [0.25, 0.3) is 5.91 Å². The minimum absolute atomic E-state index is 0.0237. The summed E-state index contributed by atoms with van der Waals surface area (Å²) in [4.78, 5) is 17.0. The minimum atomic E-state index is -0.0961. The highest BCUT2D eigenvalue weighted by Gasteiger charge is 2.15. The number of nitrogens with zero attached hydrogens (tertiary/aromatic N) is 1. The molecule has 1 atom stereocenters. The maximum Gasteiger partial charge on any atom is 0.253 e. The Kier molecular flexibility index (Phi) is 6.29. The van der Waals surface area contributed by atoms with Crippen LogP contribution < -0.4 is 11.1 Å². The molecule has 122 valence electrons. The Hall–Kier alpha value is -2.20. The third-order valence-corrected chi connectivity index (χ3v) is 3.93. The third kappa shape index (κ3) is 4.63. The second-order valence-corrected chi connectivity index (χ2v) is 5.74. The Morgan fingerprint density at radius 1 is 1.22 bits per heavy atom. The highest BCUT2D eigenvalue weighted by atomic mass is 16.1. The monoisotopic (exact) mass is 311 g/mol. The van der Waals surface area contributed by atoms with E-state index in [-0.39, 0.29) is 11.9 Å². The highest BCUT2D eigenvalue weighted by Crippen LogP contribution is 2.18. The highest BCUT2D eigenvalue weighted by molar-refractivity contribution is 5.95. The smallest absolute Gasteiger partial charge is 0.253 e. The van der Waals surface area contributed by atoms with Gasteiger partial charge >= 0.3 is 0 Å². The molecular weight excluding hydrogens is 286 g/mol. The first-order valence-corrected chi connectivity index (χ1v) is 8.19. The molecule has 1 aromatic carbocycles. The van der Waals surface area contributed by atoms with Gasteiger partial charge < -0.3 is 11.1 Å². The molecule has 0 fully saturated rings. The maximum atomic E-state index is 12.4. The lowest BCUT2D eigenvalue weighted by Crippen LogP contribution is -2.40. The molecule has 0 spiro atoms. The van der Waals surface area contributed by atoms with E-state index in [1.54, 1.807) is 0 Å². The van der Waals surface area contributed by atoms with Crippen LogP contribution in [0.4, 0.5) is 0 Å². The summed E-state index contributed by atoms with van der Waals surface area (Å²) in [6.45, 7) is 4.46. The van der Waals surface area contributed by atoms with Gasteiger partial charge in [0.1, 0.15) is 0 Å². The fourth-order valence-corrected chi connectivity index (χ4v) is 2.53. The molecule has 0 aliphatic heterocycles. The van der Waals surface area contributed by atoms with Crippen molar-refractivity contribution < 1.29 is 4.79 Å². The van der Waals surface area contributed by atoms with Crippen molar-refractivity contribution in [3.05, 3.63) is 53.7 Å². The normalized spacial score (nSPS) is 12.0. The van der Waals surface area contributed by atoms with Gasteiger partial charge in [-0.1, -0.05) is 50.1 Å². The summed E-state index contributed by atoms with van der Waals surface area (Å²) in [6.07, 6.45) is 3.07. The van der Waals surface area contributed by atoms with Crippen LogP contribution in [0.2, 0.25) is 0 Å². The van der Waals surface area contributed by atoms with E-state index in [0.717, 1.165) is 36.2 Å². The van der Waals surface area contributed by atoms with Crippen LogP contribution in [-0.2, 0) is 0 Å². The van der Waals surface area contributed by atoms with E-state index in [0.29, 0.717) is 12.1 Å². The number of nitrogens with two attached hydrogens (primary N) is 1. The Labute approximate surface area is 138 Å². The van der Waals surface area contributed by atoms with Crippen molar-refractivity contribution >= 4 is 5.91 Å². The summed E-state index contributed by atoms with van der Waals surface area (Å²) < 4.78 is 0. The lowest BCUT2D eigenvalue weighted by atomic mass is 10.1. The number of hydrogen-bond donors (Lipinski definition) is 2. The van der Waals surface area contributed by atoms with Crippen molar-refractivity contribution in [3.8, 4) is 11.3 Å². The van der Waals surface area contributed by atoms with E-state index in [1.165, 1.54) is 0 Å². The number of nitrogens with one attached hydrogen (secondary N) is 1. The van der Waals surface area contributed by atoms with Gasteiger partial charge in [0.15, 0.2) is 0 Å². The molecule has 0 bridgehead atoms. The molecule has 0 saturated carbocycles. The van der Waals surface area contributed by atoms with Gasteiger partial charge in [0, 0.05) is 18.2 Å². The number of benzene rings is 1. The third-order valence-electron chi connectivity index (χ3n) is 3.93. The van der Waals surface area contributed by atoms with Crippen LogP contribution in [0.5, 0.6) is 0 Å². The summed E-state index contributed by atoms with van der Waals surface area (Å²) in [5.41, 5.74) is 9.01. The molecular formula is C19H25N3O. The van der Waals surface area contributed by atoms with Crippen molar-refractivity contribution in [2.24, 2.45) is 5.73 Å². The average Bonchev–Trinajstić information content (AvgIpc) is 2.59. The number of amides is 1. The maximum absolute atomic E-state index is 12.4. The number of pyridine rings is 1. The second-order valence-electron chi connectivity index (χ2n) is 5.74. The molecule has 1 amide bonds. The number of aryl methyl sites for hydroxylation is 1. The molecule has 4 heteroatoms. The Morgan fingerprint density at radius 2 is 1.96 bits per heavy atom. The SMILES string of the molecule is CCCCC(CN)NC(=O)c1ccc(-c2ccccc2)nc1C. The van der Waals surface area contributed by atoms with E-state index < -0.39 is 0 Å². The van der Waals surface area contributed by atoms with Crippen molar-refractivity contribution in [2.45, 2.75) is 39.2 Å². The Bertz CT molecular complexity index is 640. The zero-order valence-electron chi connectivity index (χ0n) is 13.9. The molecule has 1 unspecified atom stereocenters. The van der Waals surface area contributed by atoms with Crippen LogP contribution in [0.3, 0.4) is 0 Å². The summed E-state index contributed by atoms with van der Waals surface area (Å²) in [5.74, 6) is -0.0961. The number of unbranched alkanes of at least 4 members (excludes halogenated alkanes) is 1. The average molecular weight is 311 g/mol. The number of carbonyl (C=O) groups is 1. The van der Waals surface area contributed by atoms with Gasteiger partial charge in [-0.3, -0.25) is 9.78 Å². The van der Waals surface area contributed by atoms with E-state index in [2.05, 4.69) is 17.2 Å². The van der Waals surface area contributed by atoms with Crippen molar-refractivity contribution in [1.82, 2.24) is 10.3 Å². The van der Waals surface area contributed by atoms with E-state index in [9.17, 15) is 4.79 Å². The van der Waals surface area contributed by atoms with Gasteiger partial charge in [0.2, 0.25) is 0 Å². The van der Waals surface area contributed by atoms with Crippen LogP contribution in [0.15, 0.2) is 42.5 Å². The summed E-state index contributed by atoms with van der Waals surface area (Å²) in [6, 6.07) is 13.7. The fourth-order valence-electron chi connectivity index (χ4n) is 2.53. The lowest BCUT2D eigenvalue weighted by Gasteiger charge is -2.17. The van der Waals surface area contributed by atoms with Gasteiger partial charge in [-0.05, 0) is 25.5 Å². The van der Waals surface area contributed by atoms with Crippen LogP contribution in [0.25, 0.3) is 11.3 Å². The van der Waals surface area contributed by atoms with Crippen molar-refractivity contribution in [1.29, 1.82) is 0 Å². The van der Waals surface area contributed by atoms with Crippen LogP contribution in [0, 0.1) is 6.92 Å². The van der Waals surface area contributed by atoms with Crippen molar-refractivity contribution in [2.75, 3.05) is 6.54 Å². The molecule has 1 heterocycles. The number of carbonyl (C=O) groups excluding carboxylic acids is 1. The quantitative estimate of drug-likeness (QED) is 0.824. The van der Waals surface area contributed by atoms with E-state index in [4.69, 9.17) is 5.73 Å². The molecule has 0 aliphatic carbocycles. The molecule has 0 radical (unpaired) electrons. The molecule has 3 N–H and O–H groups in total. The summed E-state index contributed by atoms with van der Waals surface area (Å²) in [7, 11) is 0. The summed E-state index contributed by atoms with van der Waals surface area (Å²) in [5, 5.41) is 3.01. The number of rotatable bonds is 7. The molecule has 0 saturated heterocycles. The minimum Gasteiger partial charge on any atom is -0.348 e. The molecule has 0 aliphatic rings. The molecule has 2 rings (SSSR count). The standard InChI is InChI=1S/C19H25N3O/c1-3-4-10-16(13-20)22-19(23)17-11-12-18(21-14(17)2)15-8-6-5-7-9-15/h5-9,11-12,16H,3-4,10,13,20H2,1-2H3,(H,22,23). The predicted octanol–water partition coefficient (Wildman–Crippen LogP) is 3.30. The van der Waals surface area contributed by atoms with Gasteiger partial charge in [-0.25, -0.2) is 0 Å². The van der Waals surface area contributed by atoms with Crippen LogP contribution in [0.1, 0.15) is 42.2 Å². The fraction of sp³-hybridized carbons (Fsp3) is 0.368. The van der Waals surface area contributed by atoms with Crippen LogP contribution in [-0.4, -0.2) is 23.5 Å². The lowest BCUT2D eigenvalue weighted by molar-refractivity contribution is 0.0934. The molecule has 23 heavy (non-hydrogen) atoms. The zero-order valence-corrected chi connectivity index (χ0v) is 13.9. The molecule has 1 aromatic heterocycles. The molecule has 2 aromatic rings. The van der Waals surface area contributed by atoms with Crippen LogP contribution >= 0.6 is 0 Å². The van der Waals surface area contributed by atoms with Gasteiger partial charge in [-0.2, -0.15) is 0 Å². The Morgan fingerprint density at radius 3 is 2.57 bits per heavy atom. The first-order valence-electron chi connectivity index (χ1n) is 8.19. The topological polar surface area (TPSA) is 68.0 Å². The Balaban J connectivity index is 2.12. The number of hydrogen-bond acceptors (Lipinski definition) is 3. The largest absolute Gasteiger partial charge is 0.348 e. The molecule has 4 nitrogen and oxygen atoms in total. The zero-order chi connectivity index (χ0) is 16.7. The predicted molar refractivity (Wildman–Crippen MR) is 94.2 cm³/mol. The van der Waals surface area contributed by atoms with E-state index >= 15 is 0 Å². The van der Waals surface area contributed by atoms with Crippen molar-refractivity contribution in [3.63, 3.8) is 0 Å². The van der Waals surface area contributed by atoms with E-state index in [1.807, 2.05) is 49.4 Å². The number of aromatic nitrogens is 1. The summed E-state index contributed by atoms with van der Waals surface area (Å²) >= 11 is 0. The first-order chi connectivity index (χ1) is 11.2.